The van der Waals surface area contributed by atoms with Gasteiger partial charge in [0.1, 0.15) is 6.17 Å². The molecule has 4 aliphatic heterocycles. The van der Waals surface area contributed by atoms with Crippen molar-refractivity contribution < 1.29 is 0 Å². The van der Waals surface area contributed by atoms with Crippen molar-refractivity contribution in [2.24, 2.45) is 0 Å². The molecule has 0 saturated carbocycles. The van der Waals surface area contributed by atoms with Gasteiger partial charge in [0.2, 0.25) is 0 Å². The van der Waals surface area contributed by atoms with E-state index in [0.29, 0.717) is 6.17 Å². The summed E-state index contributed by atoms with van der Waals surface area (Å²) in [7, 11) is 0. The van der Waals surface area contributed by atoms with E-state index in [2.05, 4.69) is 64.2 Å². The van der Waals surface area contributed by atoms with E-state index in [1.54, 1.807) is 5.56 Å². The quantitative estimate of drug-likeness (QED) is 0.730. The highest BCUT2D eigenvalue weighted by Gasteiger charge is 2.55. The Morgan fingerprint density at radius 1 is 1.04 bits per heavy atom. The van der Waals surface area contributed by atoms with Gasteiger partial charge in [0.15, 0.2) is 0 Å². The number of rotatable bonds is 1. The summed E-state index contributed by atoms with van der Waals surface area (Å²) in [5, 5.41) is 1.43. The fraction of sp³-hybridized carbons (Fsp3) is 0.409. The molecular formula is C22H24N4. The summed E-state index contributed by atoms with van der Waals surface area (Å²) >= 11 is 0. The SMILES string of the molecule is Cc1cccc([C@H]2N3CCC4(CC3)c3[nH]c5ccccc5c3CCN24)n1. The predicted molar refractivity (Wildman–Crippen MR) is 103 cm³/mol. The lowest BCUT2D eigenvalue weighted by Gasteiger charge is -2.61. The Labute approximate surface area is 153 Å². The van der Waals surface area contributed by atoms with Gasteiger partial charge in [0.05, 0.1) is 11.2 Å². The zero-order valence-electron chi connectivity index (χ0n) is 15.2. The molecule has 2 aromatic heterocycles. The number of H-pyrrole nitrogens is 1. The van der Waals surface area contributed by atoms with Gasteiger partial charge < -0.3 is 4.98 Å². The van der Waals surface area contributed by atoms with E-state index >= 15 is 0 Å². The van der Waals surface area contributed by atoms with Crippen LogP contribution < -0.4 is 0 Å². The van der Waals surface area contributed by atoms with Gasteiger partial charge >= 0.3 is 0 Å². The maximum absolute atomic E-state index is 4.91. The lowest BCUT2D eigenvalue weighted by atomic mass is 9.74. The number of fused-ring (bicyclic) bond motifs is 5. The summed E-state index contributed by atoms with van der Waals surface area (Å²) in [6, 6.07) is 15.3. The molecule has 3 fully saturated rings. The minimum atomic E-state index is 0.150. The third-order valence-electron chi connectivity index (χ3n) is 6.87. The maximum atomic E-state index is 4.91. The zero-order valence-corrected chi connectivity index (χ0v) is 15.2. The number of piperidine rings is 1. The van der Waals surface area contributed by atoms with Crippen molar-refractivity contribution >= 4 is 10.9 Å². The smallest absolute Gasteiger partial charge is 0.107 e. The number of para-hydroxylation sites is 1. The van der Waals surface area contributed by atoms with Gasteiger partial charge in [-0.25, -0.2) is 0 Å². The minimum absolute atomic E-state index is 0.150. The van der Waals surface area contributed by atoms with Crippen molar-refractivity contribution in [1.29, 1.82) is 0 Å². The first-order valence-electron chi connectivity index (χ1n) is 9.81. The van der Waals surface area contributed by atoms with Crippen molar-refractivity contribution in [2.75, 3.05) is 19.6 Å². The fourth-order valence-corrected chi connectivity index (χ4v) is 5.73. The molecule has 3 saturated heterocycles. The number of pyridine rings is 1. The van der Waals surface area contributed by atoms with E-state index in [-0.39, 0.29) is 5.54 Å². The molecule has 1 N–H and O–H groups in total. The highest BCUT2D eigenvalue weighted by atomic mass is 15.4. The Bertz CT molecular complexity index is 996. The summed E-state index contributed by atoms with van der Waals surface area (Å²) in [4.78, 5) is 14.1. The topological polar surface area (TPSA) is 35.2 Å². The van der Waals surface area contributed by atoms with Crippen LogP contribution in [0.25, 0.3) is 10.9 Å². The van der Waals surface area contributed by atoms with Crippen LogP contribution in [0.3, 0.4) is 0 Å². The molecule has 4 heteroatoms. The van der Waals surface area contributed by atoms with E-state index in [0.717, 1.165) is 31.7 Å². The standard InChI is InChI=1S/C22H24N4/c1-15-5-4-8-19(23-15)21-25-13-10-22(11-14-25)20-17(9-12-26(21)22)16-6-2-3-7-18(16)24-20/h2-8,21,24H,9-14H2,1H3/t21-/m0/s1. The molecule has 6 heterocycles. The van der Waals surface area contributed by atoms with Crippen LogP contribution in [-0.4, -0.2) is 39.4 Å². The molecule has 26 heavy (non-hydrogen) atoms. The molecule has 2 bridgehead atoms. The van der Waals surface area contributed by atoms with Crippen LogP contribution in [0.15, 0.2) is 42.5 Å². The van der Waals surface area contributed by atoms with Crippen LogP contribution in [0.4, 0.5) is 0 Å². The molecule has 132 valence electrons. The second-order valence-electron chi connectivity index (χ2n) is 8.11. The second kappa shape index (κ2) is 5.18. The van der Waals surface area contributed by atoms with Crippen LogP contribution in [0.2, 0.25) is 0 Å². The Morgan fingerprint density at radius 2 is 1.88 bits per heavy atom. The lowest BCUT2D eigenvalue weighted by Crippen LogP contribution is -2.66. The molecule has 4 aliphatic rings. The minimum Gasteiger partial charge on any atom is -0.357 e. The highest BCUT2D eigenvalue weighted by Crippen LogP contribution is 2.53. The van der Waals surface area contributed by atoms with E-state index in [4.69, 9.17) is 4.98 Å². The number of aromatic nitrogens is 2. The first-order chi connectivity index (χ1) is 12.8. The molecule has 3 aromatic rings. The van der Waals surface area contributed by atoms with Crippen LogP contribution >= 0.6 is 0 Å². The Balaban J connectivity index is 1.53. The van der Waals surface area contributed by atoms with Gasteiger partial charge in [-0.1, -0.05) is 24.3 Å². The summed E-state index contributed by atoms with van der Waals surface area (Å²) in [6.45, 7) is 5.53. The van der Waals surface area contributed by atoms with Crippen LogP contribution in [0, 0.1) is 6.92 Å². The Kier molecular flexibility index (Phi) is 2.98. The molecule has 1 atom stereocenters. The first-order valence-corrected chi connectivity index (χ1v) is 9.81. The van der Waals surface area contributed by atoms with Crippen molar-refractivity contribution in [3.63, 3.8) is 0 Å². The summed E-state index contributed by atoms with van der Waals surface area (Å²) < 4.78 is 0. The second-order valence-corrected chi connectivity index (χ2v) is 8.11. The number of nitrogens with one attached hydrogen (secondary N) is 1. The van der Waals surface area contributed by atoms with Gasteiger partial charge in [0, 0.05) is 41.9 Å². The average molecular weight is 344 g/mol. The highest BCUT2D eigenvalue weighted by molar-refractivity contribution is 5.85. The number of benzene rings is 1. The normalized spacial score (nSPS) is 30.3. The monoisotopic (exact) mass is 344 g/mol. The number of hydrogen-bond acceptors (Lipinski definition) is 3. The van der Waals surface area contributed by atoms with Crippen molar-refractivity contribution in [1.82, 2.24) is 19.8 Å². The first kappa shape index (κ1) is 14.9. The Morgan fingerprint density at radius 3 is 2.73 bits per heavy atom. The van der Waals surface area contributed by atoms with Gasteiger partial charge in [-0.05, 0) is 49.9 Å². The van der Waals surface area contributed by atoms with Crippen LogP contribution in [0.5, 0.6) is 0 Å². The van der Waals surface area contributed by atoms with E-state index in [9.17, 15) is 0 Å². The molecule has 1 spiro atoms. The number of hydrogen-bond donors (Lipinski definition) is 1. The summed E-state index contributed by atoms with van der Waals surface area (Å²) in [5.74, 6) is 0. The third kappa shape index (κ3) is 1.84. The van der Waals surface area contributed by atoms with Gasteiger partial charge in [-0.3, -0.25) is 14.8 Å². The molecule has 0 radical (unpaired) electrons. The fourth-order valence-electron chi connectivity index (χ4n) is 5.73. The zero-order chi connectivity index (χ0) is 17.3. The number of aryl methyl sites for hydroxylation is 1. The van der Waals surface area contributed by atoms with E-state index in [1.165, 1.54) is 35.1 Å². The Hall–Kier alpha value is -2.17. The van der Waals surface area contributed by atoms with E-state index in [1.807, 2.05) is 0 Å². The molecule has 4 nitrogen and oxygen atoms in total. The molecular weight excluding hydrogens is 320 g/mol. The lowest BCUT2D eigenvalue weighted by molar-refractivity contribution is -0.150. The largest absolute Gasteiger partial charge is 0.357 e. The molecule has 0 unspecified atom stereocenters. The van der Waals surface area contributed by atoms with Crippen LogP contribution in [-0.2, 0) is 12.0 Å². The number of nitrogens with zero attached hydrogens (tertiary/aromatic N) is 3. The summed E-state index contributed by atoms with van der Waals surface area (Å²) in [6.07, 6.45) is 3.87. The van der Waals surface area contributed by atoms with Crippen LogP contribution in [0.1, 0.15) is 41.7 Å². The maximum Gasteiger partial charge on any atom is 0.107 e. The molecule has 0 aliphatic carbocycles. The van der Waals surface area contributed by atoms with Gasteiger partial charge in [0.25, 0.3) is 0 Å². The van der Waals surface area contributed by atoms with Crippen molar-refractivity contribution in [3.8, 4) is 0 Å². The molecule has 0 amide bonds. The molecule has 1 aromatic carbocycles. The van der Waals surface area contributed by atoms with Gasteiger partial charge in [-0.2, -0.15) is 0 Å². The third-order valence-corrected chi connectivity index (χ3v) is 6.87. The number of aromatic amines is 1. The predicted octanol–water partition coefficient (Wildman–Crippen LogP) is 3.73. The molecule has 7 rings (SSSR count). The van der Waals surface area contributed by atoms with Crippen molar-refractivity contribution in [3.05, 3.63) is 65.1 Å². The average Bonchev–Trinajstić information content (AvgIpc) is 3.07. The summed E-state index contributed by atoms with van der Waals surface area (Å²) in [5.41, 5.74) is 6.82. The van der Waals surface area contributed by atoms with E-state index < -0.39 is 0 Å². The van der Waals surface area contributed by atoms with Gasteiger partial charge in [-0.15, -0.1) is 0 Å². The van der Waals surface area contributed by atoms with Crippen molar-refractivity contribution in [2.45, 2.75) is 37.9 Å².